The average molecular weight is 323 g/mol. The molecule has 0 radical (unpaired) electrons. The summed E-state index contributed by atoms with van der Waals surface area (Å²) in [5, 5.41) is 11.5. The minimum atomic E-state index is -0.513. The quantitative estimate of drug-likeness (QED) is 0.877. The third-order valence-corrected chi connectivity index (χ3v) is 3.42. The maximum atomic E-state index is 12.3. The Morgan fingerprint density at radius 1 is 1.17 bits per heavy atom. The molecule has 0 aliphatic carbocycles. The maximum absolute atomic E-state index is 12.3. The van der Waals surface area contributed by atoms with Crippen molar-refractivity contribution >= 4 is 17.7 Å². The number of anilines is 1. The van der Waals surface area contributed by atoms with E-state index >= 15 is 0 Å². The molecule has 122 valence electrons. The molecular weight excluding hydrogens is 306 g/mol. The monoisotopic (exact) mass is 323 g/mol. The SMILES string of the molecule is COC(=O)c1ccccc1NC(=O)N(C)Cc1ccc(C#N)cc1. The number of methoxy groups -OCH3 is 1. The minimum Gasteiger partial charge on any atom is -0.465 e. The molecule has 0 unspecified atom stereocenters. The van der Waals surface area contributed by atoms with Crippen LogP contribution in [-0.2, 0) is 11.3 Å². The van der Waals surface area contributed by atoms with Crippen molar-refractivity contribution < 1.29 is 14.3 Å². The van der Waals surface area contributed by atoms with Gasteiger partial charge in [-0.15, -0.1) is 0 Å². The van der Waals surface area contributed by atoms with Crippen molar-refractivity contribution in [1.82, 2.24) is 4.90 Å². The highest BCUT2D eigenvalue weighted by Gasteiger charge is 2.15. The first-order valence-corrected chi connectivity index (χ1v) is 7.23. The van der Waals surface area contributed by atoms with E-state index in [0.29, 0.717) is 23.4 Å². The molecule has 2 aromatic rings. The molecule has 6 nitrogen and oxygen atoms in total. The van der Waals surface area contributed by atoms with Gasteiger partial charge in [-0.2, -0.15) is 5.26 Å². The van der Waals surface area contributed by atoms with Crippen molar-refractivity contribution in [2.45, 2.75) is 6.54 Å². The van der Waals surface area contributed by atoms with Crippen LogP contribution in [0.25, 0.3) is 0 Å². The molecule has 2 aromatic carbocycles. The van der Waals surface area contributed by atoms with Gasteiger partial charge >= 0.3 is 12.0 Å². The first-order valence-electron chi connectivity index (χ1n) is 7.23. The third kappa shape index (κ3) is 4.11. The zero-order valence-electron chi connectivity index (χ0n) is 13.4. The number of nitrogens with one attached hydrogen (secondary N) is 1. The maximum Gasteiger partial charge on any atom is 0.339 e. The molecule has 0 aliphatic heterocycles. The molecule has 0 bridgehead atoms. The number of nitriles is 1. The van der Waals surface area contributed by atoms with Crippen LogP contribution >= 0.6 is 0 Å². The Bertz CT molecular complexity index is 779. The molecule has 6 heteroatoms. The summed E-state index contributed by atoms with van der Waals surface area (Å²) in [6.45, 7) is 0.373. The van der Waals surface area contributed by atoms with Gasteiger partial charge in [0.15, 0.2) is 0 Å². The smallest absolute Gasteiger partial charge is 0.339 e. The number of ether oxygens (including phenoxy) is 1. The Labute approximate surface area is 140 Å². The Morgan fingerprint density at radius 2 is 1.83 bits per heavy atom. The van der Waals surface area contributed by atoms with Crippen molar-refractivity contribution in [2.75, 3.05) is 19.5 Å². The highest BCUT2D eigenvalue weighted by Crippen LogP contribution is 2.17. The first-order chi connectivity index (χ1) is 11.5. The summed E-state index contributed by atoms with van der Waals surface area (Å²) < 4.78 is 4.71. The van der Waals surface area contributed by atoms with Gasteiger partial charge < -0.3 is 15.0 Å². The van der Waals surface area contributed by atoms with Crippen LogP contribution in [0.3, 0.4) is 0 Å². The fourth-order valence-corrected chi connectivity index (χ4v) is 2.12. The van der Waals surface area contributed by atoms with Crippen LogP contribution in [-0.4, -0.2) is 31.1 Å². The van der Waals surface area contributed by atoms with E-state index in [2.05, 4.69) is 5.32 Å². The number of esters is 1. The lowest BCUT2D eigenvalue weighted by Crippen LogP contribution is -2.31. The number of amides is 2. The predicted molar refractivity (Wildman–Crippen MR) is 89.4 cm³/mol. The lowest BCUT2D eigenvalue weighted by molar-refractivity contribution is 0.0602. The number of nitrogens with zero attached hydrogens (tertiary/aromatic N) is 2. The third-order valence-electron chi connectivity index (χ3n) is 3.42. The molecular formula is C18H17N3O3. The van der Waals surface area contributed by atoms with E-state index < -0.39 is 5.97 Å². The first kappa shape index (κ1) is 17.0. The molecule has 24 heavy (non-hydrogen) atoms. The molecule has 2 amide bonds. The van der Waals surface area contributed by atoms with E-state index in [9.17, 15) is 9.59 Å². The zero-order valence-corrected chi connectivity index (χ0v) is 13.4. The van der Waals surface area contributed by atoms with E-state index in [1.165, 1.54) is 12.0 Å². The van der Waals surface area contributed by atoms with Crippen molar-refractivity contribution in [3.63, 3.8) is 0 Å². The lowest BCUT2D eigenvalue weighted by atomic mass is 10.1. The summed E-state index contributed by atoms with van der Waals surface area (Å²) in [7, 11) is 2.94. The highest BCUT2D eigenvalue weighted by molar-refractivity contribution is 6.00. The summed E-state index contributed by atoms with van der Waals surface area (Å²) in [6.07, 6.45) is 0. The van der Waals surface area contributed by atoms with Crippen LogP contribution in [0, 0.1) is 11.3 Å². The Morgan fingerprint density at radius 3 is 2.46 bits per heavy atom. The van der Waals surface area contributed by atoms with E-state index in [0.717, 1.165) is 5.56 Å². The number of hydrogen-bond donors (Lipinski definition) is 1. The summed E-state index contributed by atoms with van der Waals surface area (Å²) in [4.78, 5) is 25.5. The van der Waals surface area contributed by atoms with Crippen molar-refractivity contribution in [3.05, 3.63) is 65.2 Å². The summed E-state index contributed by atoms with van der Waals surface area (Å²) in [5.41, 5.74) is 2.15. The second-order valence-electron chi connectivity index (χ2n) is 5.13. The van der Waals surface area contributed by atoms with E-state index in [1.807, 2.05) is 6.07 Å². The van der Waals surface area contributed by atoms with Gasteiger partial charge in [0.05, 0.1) is 30.0 Å². The van der Waals surface area contributed by atoms with Gasteiger partial charge in [-0.05, 0) is 29.8 Å². The van der Waals surface area contributed by atoms with Crippen LogP contribution in [0.15, 0.2) is 48.5 Å². The van der Waals surface area contributed by atoms with Gasteiger partial charge in [-0.3, -0.25) is 0 Å². The predicted octanol–water partition coefficient (Wildman–Crippen LogP) is 3.01. The average Bonchev–Trinajstić information content (AvgIpc) is 2.62. The van der Waals surface area contributed by atoms with Gasteiger partial charge in [0.2, 0.25) is 0 Å². The fourth-order valence-electron chi connectivity index (χ4n) is 2.12. The number of carbonyl (C=O) groups excluding carboxylic acids is 2. The van der Waals surface area contributed by atoms with Gasteiger partial charge in [-0.1, -0.05) is 24.3 Å². The second-order valence-corrected chi connectivity index (χ2v) is 5.13. The number of para-hydroxylation sites is 1. The van der Waals surface area contributed by atoms with E-state index in [-0.39, 0.29) is 6.03 Å². The molecule has 0 atom stereocenters. The van der Waals surface area contributed by atoms with Gasteiger partial charge in [-0.25, -0.2) is 9.59 Å². The molecule has 0 saturated carbocycles. The van der Waals surface area contributed by atoms with Crippen LogP contribution < -0.4 is 5.32 Å². The normalized spacial score (nSPS) is 9.71. The van der Waals surface area contributed by atoms with Crippen LogP contribution in [0.1, 0.15) is 21.5 Å². The molecule has 0 fully saturated rings. The number of urea groups is 1. The molecule has 0 heterocycles. The summed E-state index contributed by atoms with van der Waals surface area (Å²) >= 11 is 0. The lowest BCUT2D eigenvalue weighted by Gasteiger charge is -2.19. The molecule has 0 spiro atoms. The van der Waals surface area contributed by atoms with Crippen molar-refractivity contribution in [1.29, 1.82) is 5.26 Å². The minimum absolute atomic E-state index is 0.292. The van der Waals surface area contributed by atoms with E-state index in [4.69, 9.17) is 10.00 Å². The summed E-state index contributed by atoms with van der Waals surface area (Å²) in [5.74, 6) is -0.513. The van der Waals surface area contributed by atoms with Crippen molar-refractivity contribution in [3.8, 4) is 6.07 Å². The largest absolute Gasteiger partial charge is 0.465 e. The number of carbonyl (C=O) groups is 2. The topological polar surface area (TPSA) is 82.4 Å². The molecule has 2 rings (SSSR count). The summed E-state index contributed by atoms with van der Waals surface area (Å²) in [6, 6.07) is 15.3. The second kappa shape index (κ2) is 7.79. The Kier molecular flexibility index (Phi) is 5.53. The van der Waals surface area contributed by atoms with Crippen LogP contribution in [0.4, 0.5) is 10.5 Å². The van der Waals surface area contributed by atoms with Gasteiger partial charge in [0, 0.05) is 13.6 Å². The molecule has 0 saturated heterocycles. The van der Waals surface area contributed by atoms with Gasteiger partial charge in [0.1, 0.15) is 0 Å². The van der Waals surface area contributed by atoms with E-state index in [1.54, 1.807) is 55.6 Å². The number of rotatable bonds is 4. The standard InChI is InChI=1S/C18H17N3O3/c1-21(12-14-9-7-13(11-19)8-10-14)18(23)20-16-6-4-3-5-15(16)17(22)24-2/h3-10H,12H2,1-2H3,(H,20,23). The highest BCUT2D eigenvalue weighted by atomic mass is 16.5. The fraction of sp³-hybridized carbons (Fsp3) is 0.167. The molecule has 0 aliphatic rings. The number of benzene rings is 2. The van der Waals surface area contributed by atoms with Gasteiger partial charge in [0.25, 0.3) is 0 Å². The van der Waals surface area contributed by atoms with Crippen molar-refractivity contribution in [2.24, 2.45) is 0 Å². The van der Waals surface area contributed by atoms with Crippen LogP contribution in [0.2, 0.25) is 0 Å². The van der Waals surface area contributed by atoms with Crippen LogP contribution in [0.5, 0.6) is 0 Å². The molecule has 1 N–H and O–H groups in total. The Hall–Kier alpha value is -3.33. The number of hydrogen-bond acceptors (Lipinski definition) is 4. The zero-order chi connectivity index (χ0) is 17.5. The Balaban J connectivity index is 2.06. The molecule has 0 aromatic heterocycles.